The van der Waals surface area contributed by atoms with Gasteiger partial charge in [0.2, 0.25) is 0 Å². The Labute approximate surface area is 106 Å². The van der Waals surface area contributed by atoms with Gasteiger partial charge in [-0.1, -0.05) is 0 Å². The van der Waals surface area contributed by atoms with Crippen molar-refractivity contribution in [3.8, 4) is 0 Å². The molecule has 1 fully saturated rings. The molecule has 94 valence electrons. The van der Waals surface area contributed by atoms with Gasteiger partial charge in [-0.05, 0) is 31.2 Å². The van der Waals surface area contributed by atoms with Crippen molar-refractivity contribution in [2.24, 2.45) is 0 Å². The standard InChI is InChI=1S/C14H16N2O2/c1-10-8-12-9-11(2-3-13(12)15-10)14(17)16-4-6-18-7-5-16/h2-3,8-9,15H,4-7H2,1H3. The molecule has 0 aliphatic carbocycles. The van der Waals surface area contributed by atoms with Crippen molar-refractivity contribution in [1.29, 1.82) is 0 Å². The Bertz CT molecular complexity index is 582. The minimum absolute atomic E-state index is 0.0963. The smallest absolute Gasteiger partial charge is 0.254 e. The number of benzene rings is 1. The van der Waals surface area contributed by atoms with E-state index in [9.17, 15) is 4.79 Å². The van der Waals surface area contributed by atoms with Gasteiger partial charge in [-0.2, -0.15) is 0 Å². The quantitative estimate of drug-likeness (QED) is 0.833. The van der Waals surface area contributed by atoms with E-state index in [2.05, 4.69) is 11.1 Å². The molecule has 3 rings (SSSR count). The Hall–Kier alpha value is -1.81. The number of carbonyl (C=O) groups is 1. The number of rotatable bonds is 1. The topological polar surface area (TPSA) is 45.3 Å². The Morgan fingerprint density at radius 2 is 2.06 bits per heavy atom. The van der Waals surface area contributed by atoms with Crippen LogP contribution in [0, 0.1) is 6.92 Å². The number of aromatic nitrogens is 1. The van der Waals surface area contributed by atoms with E-state index in [1.54, 1.807) is 0 Å². The zero-order chi connectivity index (χ0) is 12.5. The molecule has 0 saturated carbocycles. The number of H-pyrrole nitrogens is 1. The van der Waals surface area contributed by atoms with E-state index in [-0.39, 0.29) is 5.91 Å². The predicted molar refractivity (Wildman–Crippen MR) is 69.8 cm³/mol. The molecule has 1 N–H and O–H groups in total. The van der Waals surface area contributed by atoms with Gasteiger partial charge in [0, 0.05) is 35.2 Å². The summed E-state index contributed by atoms with van der Waals surface area (Å²) in [4.78, 5) is 17.4. The van der Waals surface area contributed by atoms with E-state index < -0.39 is 0 Å². The molecule has 18 heavy (non-hydrogen) atoms. The first-order valence-corrected chi connectivity index (χ1v) is 6.20. The van der Waals surface area contributed by atoms with Crippen LogP contribution in [-0.4, -0.2) is 42.1 Å². The van der Waals surface area contributed by atoms with Gasteiger partial charge in [-0.3, -0.25) is 4.79 Å². The number of aromatic amines is 1. The maximum absolute atomic E-state index is 12.3. The second-order valence-corrected chi connectivity index (χ2v) is 4.66. The first kappa shape index (κ1) is 11.3. The van der Waals surface area contributed by atoms with Crippen molar-refractivity contribution in [2.45, 2.75) is 6.92 Å². The molecule has 0 radical (unpaired) electrons. The molecular formula is C14H16N2O2. The molecule has 2 aromatic rings. The first-order valence-electron chi connectivity index (χ1n) is 6.20. The largest absolute Gasteiger partial charge is 0.378 e. The fourth-order valence-electron chi connectivity index (χ4n) is 2.36. The Kier molecular flexibility index (Phi) is 2.80. The molecular weight excluding hydrogens is 228 g/mol. The highest BCUT2D eigenvalue weighted by Gasteiger charge is 2.18. The van der Waals surface area contributed by atoms with Gasteiger partial charge in [0.1, 0.15) is 0 Å². The van der Waals surface area contributed by atoms with Crippen LogP contribution in [0.15, 0.2) is 24.3 Å². The number of fused-ring (bicyclic) bond motifs is 1. The molecule has 4 heteroatoms. The lowest BCUT2D eigenvalue weighted by Gasteiger charge is -2.26. The van der Waals surface area contributed by atoms with Crippen LogP contribution in [0.25, 0.3) is 10.9 Å². The van der Waals surface area contributed by atoms with Crippen molar-refractivity contribution >= 4 is 16.8 Å². The number of nitrogens with one attached hydrogen (secondary N) is 1. The minimum atomic E-state index is 0.0963. The lowest BCUT2D eigenvalue weighted by atomic mass is 10.1. The number of morpholine rings is 1. The molecule has 1 aromatic carbocycles. The molecule has 1 amide bonds. The number of amides is 1. The van der Waals surface area contributed by atoms with Crippen LogP contribution in [-0.2, 0) is 4.74 Å². The van der Waals surface area contributed by atoms with Gasteiger partial charge in [0.15, 0.2) is 0 Å². The summed E-state index contributed by atoms with van der Waals surface area (Å²) in [6.07, 6.45) is 0. The Morgan fingerprint density at radius 3 is 2.83 bits per heavy atom. The number of aryl methyl sites for hydroxylation is 1. The average Bonchev–Trinajstić information content (AvgIpc) is 2.78. The lowest BCUT2D eigenvalue weighted by Crippen LogP contribution is -2.40. The number of hydrogen-bond donors (Lipinski definition) is 1. The monoisotopic (exact) mass is 244 g/mol. The van der Waals surface area contributed by atoms with Gasteiger partial charge >= 0.3 is 0 Å². The normalized spacial score (nSPS) is 16.2. The molecule has 1 saturated heterocycles. The van der Waals surface area contributed by atoms with Crippen molar-refractivity contribution < 1.29 is 9.53 Å². The maximum Gasteiger partial charge on any atom is 0.254 e. The molecule has 1 aliphatic rings. The van der Waals surface area contributed by atoms with Gasteiger partial charge in [-0.15, -0.1) is 0 Å². The Morgan fingerprint density at radius 1 is 1.28 bits per heavy atom. The van der Waals surface area contributed by atoms with E-state index in [0.29, 0.717) is 26.3 Å². The highest BCUT2D eigenvalue weighted by molar-refractivity contribution is 5.98. The highest BCUT2D eigenvalue weighted by Crippen LogP contribution is 2.18. The van der Waals surface area contributed by atoms with Crippen LogP contribution in [0.4, 0.5) is 0 Å². The summed E-state index contributed by atoms with van der Waals surface area (Å²) < 4.78 is 5.26. The average molecular weight is 244 g/mol. The number of hydrogen-bond acceptors (Lipinski definition) is 2. The molecule has 2 heterocycles. The number of nitrogens with zero attached hydrogens (tertiary/aromatic N) is 1. The predicted octanol–water partition coefficient (Wildman–Crippen LogP) is 1.95. The van der Waals surface area contributed by atoms with Gasteiger partial charge in [0.25, 0.3) is 5.91 Å². The van der Waals surface area contributed by atoms with Crippen molar-refractivity contribution in [2.75, 3.05) is 26.3 Å². The maximum atomic E-state index is 12.3. The van der Waals surface area contributed by atoms with Gasteiger partial charge in [-0.25, -0.2) is 0 Å². The zero-order valence-electron chi connectivity index (χ0n) is 10.4. The first-order chi connectivity index (χ1) is 8.74. The fraction of sp³-hybridized carbons (Fsp3) is 0.357. The number of ether oxygens (including phenoxy) is 1. The molecule has 0 spiro atoms. The summed E-state index contributed by atoms with van der Waals surface area (Å²) in [6, 6.07) is 7.87. The van der Waals surface area contributed by atoms with Crippen LogP contribution in [0.3, 0.4) is 0 Å². The van der Waals surface area contributed by atoms with E-state index in [4.69, 9.17) is 4.74 Å². The van der Waals surface area contributed by atoms with E-state index in [1.807, 2.05) is 30.0 Å². The summed E-state index contributed by atoms with van der Waals surface area (Å²) in [6.45, 7) is 4.66. The van der Waals surface area contributed by atoms with Crippen molar-refractivity contribution in [3.63, 3.8) is 0 Å². The highest BCUT2D eigenvalue weighted by atomic mass is 16.5. The van der Waals surface area contributed by atoms with Crippen molar-refractivity contribution in [1.82, 2.24) is 9.88 Å². The van der Waals surface area contributed by atoms with Crippen LogP contribution in [0.1, 0.15) is 16.1 Å². The van der Waals surface area contributed by atoms with Crippen LogP contribution in [0.5, 0.6) is 0 Å². The van der Waals surface area contributed by atoms with Crippen LogP contribution < -0.4 is 0 Å². The van der Waals surface area contributed by atoms with Crippen molar-refractivity contribution in [3.05, 3.63) is 35.5 Å². The lowest BCUT2D eigenvalue weighted by molar-refractivity contribution is 0.0303. The molecule has 0 unspecified atom stereocenters. The fourth-order valence-corrected chi connectivity index (χ4v) is 2.36. The molecule has 0 bridgehead atoms. The van der Waals surface area contributed by atoms with Gasteiger partial charge in [0.05, 0.1) is 13.2 Å². The summed E-state index contributed by atoms with van der Waals surface area (Å²) >= 11 is 0. The van der Waals surface area contributed by atoms with E-state index >= 15 is 0 Å². The van der Waals surface area contributed by atoms with Gasteiger partial charge < -0.3 is 14.6 Å². The molecule has 1 aromatic heterocycles. The van der Waals surface area contributed by atoms with E-state index in [1.165, 1.54) is 0 Å². The summed E-state index contributed by atoms with van der Waals surface area (Å²) in [7, 11) is 0. The molecule has 4 nitrogen and oxygen atoms in total. The third-order valence-electron chi connectivity index (χ3n) is 3.30. The third-order valence-corrected chi connectivity index (χ3v) is 3.30. The molecule has 1 aliphatic heterocycles. The third kappa shape index (κ3) is 1.99. The Balaban J connectivity index is 1.90. The minimum Gasteiger partial charge on any atom is -0.378 e. The second-order valence-electron chi connectivity index (χ2n) is 4.66. The van der Waals surface area contributed by atoms with Crippen LogP contribution >= 0.6 is 0 Å². The second kappa shape index (κ2) is 4.46. The summed E-state index contributed by atoms with van der Waals surface area (Å²) in [5, 5.41) is 1.09. The summed E-state index contributed by atoms with van der Waals surface area (Å²) in [5.74, 6) is 0.0963. The van der Waals surface area contributed by atoms with E-state index in [0.717, 1.165) is 22.2 Å². The SMILES string of the molecule is Cc1cc2cc(C(=O)N3CCOCC3)ccc2[nH]1. The zero-order valence-corrected chi connectivity index (χ0v) is 10.4. The molecule has 0 atom stereocenters. The number of carbonyl (C=O) groups excluding carboxylic acids is 1. The van der Waals surface area contributed by atoms with Crippen LogP contribution in [0.2, 0.25) is 0 Å². The summed E-state index contributed by atoms with van der Waals surface area (Å²) in [5.41, 5.74) is 2.94.